The van der Waals surface area contributed by atoms with Gasteiger partial charge >= 0.3 is 0 Å². The molecule has 0 aromatic carbocycles. The van der Waals surface area contributed by atoms with Crippen molar-refractivity contribution >= 4 is 17.2 Å². The molecule has 2 atom stereocenters. The number of aliphatic hydroxyl groups is 1. The third-order valence-electron chi connectivity index (χ3n) is 6.01. The Balaban J connectivity index is 1.65. The molecule has 144 valence electrons. The van der Waals surface area contributed by atoms with Gasteiger partial charge in [0.05, 0.1) is 11.6 Å². The lowest BCUT2D eigenvalue weighted by Gasteiger charge is -2.51. The van der Waals surface area contributed by atoms with Crippen molar-refractivity contribution in [2.45, 2.75) is 52.1 Å². The van der Waals surface area contributed by atoms with Crippen molar-refractivity contribution in [2.24, 2.45) is 5.41 Å². The van der Waals surface area contributed by atoms with E-state index in [9.17, 15) is 9.90 Å². The van der Waals surface area contributed by atoms with Crippen LogP contribution >= 0.6 is 11.3 Å². The number of carbonyl (C=O) groups is 1. The molecule has 1 amide bonds. The summed E-state index contributed by atoms with van der Waals surface area (Å²) in [5.41, 5.74) is 3.49. The Bertz CT molecular complexity index is 631. The van der Waals surface area contributed by atoms with Gasteiger partial charge in [-0.2, -0.15) is 0 Å². The quantitative estimate of drug-likeness (QED) is 0.801. The Morgan fingerprint density at radius 3 is 3.04 bits per heavy atom. The normalized spacial score (nSPS) is 27.9. The van der Waals surface area contributed by atoms with Crippen molar-refractivity contribution in [2.75, 3.05) is 32.7 Å². The summed E-state index contributed by atoms with van der Waals surface area (Å²) in [6, 6.07) is 0. The Labute approximate surface area is 160 Å². The summed E-state index contributed by atoms with van der Waals surface area (Å²) in [4.78, 5) is 21.3. The van der Waals surface area contributed by atoms with Crippen molar-refractivity contribution in [3.8, 4) is 0 Å². The molecule has 1 spiro atoms. The fraction of sp³-hybridized carbons (Fsp3) is 0.700. The molecule has 3 rings (SSSR count). The molecule has 0 aliphatic carbocycles. The second kappa shape index (κ2) is 8.63. The third-order valence-corrected chi connectivity index (χ3v) is 6.59. The predicted octanol–water partition coefficient (Wildman–Crippen LogP) is 3.18. The number of hydrogen-bond acceptors (Lipinski definition) is 5. The smallest absolute Gasteiger partial charge is 0.273 e. The summed E-state index contributed by atoms with van der Waals surface area (Å²) in [7, 11) is 0. The Morgan fingerprint density at radius 1 is 1.46 bits per heavy atom. The van der Waals surface area contributed by atoms with Gasteiger partial charge in [-0.3, -0.25) is 4.79 Å². The molecule has 2 fully saturated rings. The van der Waals surface area contributed by atoms with Crippen molar-refractivity contribution in [1.29, 1.82) is 0 Å². The summed E-state index contributed by atoms with van der Waals surface area (Å²) in [6.45, 7) is 8.65. The number of amides is 1. The maximum absolute atomic E-state index is 12.7. The van der Waals surface area contributed by atoms with Gasteiger partial charge in [0, 0.05) is 43.5 Å². The minimum Gasteiger partial charge on any atom is -0.392 e. The summed E-state index contributed by atoms with van der Waals surface area (Å²) in [6.07, 6.45) is 6.93. The Morgan fingerprint density at radius 2 is 2.31 bits per heavy atom. The second-order valence-electron chi connectivity index (χ2n) is 7.84. The molecular weight excluding hydrogens is 346 g/mol. The van der Waals surface area contributed by atoms with Gasteiger partial charge in [0.25, 0.3) is 5.91 Å². The number of carbonyl (C=O) groups excluding carboxylic acids is 1. The van der Waals surface area contributed by atoms with Crippen LogP contribution in [0, 0.1) is 5.41 Å². The molecule has 2 aliphatic rings. The molecule has 1 aromatic rings. The number of allylic oxidation sites excluding steroid dienone is 1. The van der Waals surface area contributed by atoms with Gasteiger partial charge in [-0.15, -0.1) is 11.3 Å². The van der Waals surface area contributed by atoms with E-state index in [1.54, 1.807) is 5.51 Å². The highest BCUT2D eigenvalue weighted by molar-refractivity contribution is 7.07. The van der Waals surface area contributed by atoms with Crippen molar-refractivity contribution in [3.05, 3.63) is 28.2 Å². The van der Waals surface area contributed by atoms with Gasteiger partial charge in [0.15, 0.2) is 0 Å². The van der Waals surface area contributed by atoms with E-state index >= 15 is 0 Å². The number of aromatic nitrogens is 1. The van der Waals surface area contributed by atoms with Crippen LogP contribution in [0.1, 0.15) is 56.4 Å². The molecule has 6 heteroatoms. The molecule has 0 saturated carbocycles. The lowest BCUT2D eigenvalue weighted by molar-refractivity contribution is -0.0783. The van der Waals surface area contributed by atoms with E-state index in [0.717, 1.165) is 58.3 Å². The molecule has 3 heterocycles. The largest absolute Gasteiger partial charge is 0.392 e. The lowest BCUT2D eigenvalue weighted by Crippen LogP contribution is -2.59. The molecule has 26 heavy (non-hydrogen) atoms. The Kier molecular flexibility index (Phi) is 6.48. The number of nitrogens with zero attached hydrogens (tertiary/aromatic N) is 3. The van der Waals surface area contributed by atoms with E-state index in [2.05, 4.69) is 29.8 Å². The first-order chi connectivity index (χ1) is 12.5. The molecule has 1 aromatic heterocycles. The lowest BCUT2D eigenvalue weighted by atomic mass is 9.71. The average Bonchev–Trinajstić information content (AvgIpc) is 3.19. The molecule has 5 nitrogen and oxygen atoms in total. The molecule has 1 N–H and O–H groups in total. The highest BCUT2D eigenvalue weighted by Gasteiger charge is 2.46. The maximum atomic E-state index is 12.7. The number of hydrogen-bond donors (Lipinski definition) is 1. The van der Waals surface area contributed by atoms with Gasteiger partial charge < -0.3 is 14.9 Å². The van der Waals surface area contributed by atoms with E-state index in [0.29, 0.717) is 12.2 Å². The van der Waals surface area contributed by atoms with Gasteiger partial charge in [-0.1, -0.05) is 18.6 Å². The number of rotatable bonds is 5. The zero-order chi connectivity index (χ0) is 18.6. The molecule has 2 aliphatic heterocycles. The van der Waals surface area contributed by atoms with Crippen molar-refractivity contribution in [1.82, 2.24) is 14.8 Å². The van der Waals surface area contributed by atoms with Crippen molar-refractivity contribution in [3.63, 3.8) is 0 Å². The first kappa shape index (κ1) is 19.5. The van der Waals surface area contributed by atoms with Crippen molar-refractivity contribution < 1.29 is 9.90 Å². The maximum Gasteiger partial charge on any atom is 0.273 e. The summed E-state index contributed by atoms with van der Waals surface area (Å²) in [5, 5.41) is 12.6. The fourth-order valence-electron chi connectivity index (χ4n) is 4.28. The summed E-state index contributed by atoms with van der Waals surface area (Å²) in [5.74, 6) is 0.0103. The minimum atomic E-state index is -0.322. The van der Waals surface area contributed by atoms with Crippen LogP contribution in [0.2, 0.25) is 0 Å². The Hall–Kier alpha value is -1.24. The van der Waals surface area contributed by atoms with Crippen LogP contribution in [0.4, 0.5) is 0 Å². The minimum absolute atomic E-state index is 0.0103. The van der Waals surface area contributed by atoms with Gasteiger partial charge in [0.2, 0.25) is 0 Å². The van der Waals surface area contributed by atoms with Gasteiger partial charge in [0.1, 0.15) is 5.69 Å². The van der Waals surface area contributed by atoms with Gasteiger partial charge in [-0.25, -0.2) is 4.98 Å². The van der Waals surface area contributed by atoms with Crippen LogP contribution in [0.3, 0.4) is 0 Å². The second-order valence-corrected chi connectivity index (χ2v) is 8.56. The van der Waals surface area contributed by atoms with Crippen LogP contribution in [0.15, 0.2) is 22.5 Å². The number of piperidine rings is 2. The van der Waals surface area contributed by atoms with Crippen LogP contribution in [-0.4, -0.2) is 64.6 Å². The number of likely N-dealkylation sites (tertiary alicyclic amines) is 2. The van der Waals surface area contributed by atoms with E-state index in [4.69, 9.17) is 0 Å². The zero-order valence-electron chi connectivity index (χ0n) is 16.0. The molecule has 0 radical (unpaired) electrons. The van der Waals surface area contributed by atoms with E-state index in [1.807, 2.05) is 10.3 Å². The van der Waals surface area contributed by atoms with Crippen LogP contribution in [0.25, 0.3) is 0 Å². The van der Waals surface area contributed by atoms with Gasteiger partial charge in [-0.05, 0) is 39.0 Å². The van der Waals surface area contributed by atoms with Crippen LogP contribution in [0.5, 0.6) is 0 Å². The predicted molar refractivity (Wildman–Crippen MR) is 105 cm³/mol. The first-order valence-electron chi connectivity index (χ1n) is 9.77. The highest BCUT2D eigenvalue weighted by atomic mass is 32.1. The first-order valence-corrected chi connectivity index (χ1v) is 10.7. The third kappa shape index (κ3) is 4.35. The summed E-state index contributed by atoms with van der Waals surface area (Å²) >= 11 is 1.45. The fourth-order valence-corrected chi connectivity index (χ4v) is 4.81. The highest BCUT2D eigenvalue weighted by Crippen LogP contribution is 2.39. The molecule has 0 unspecified atom stereocenters. The topological polar surface area (TPSA) is 56.7 Å². The van der Waals surface area contributed by atoms with E-state index in [-0.39, 0.29) is 17.4 Å². The van der Waals surface area contributed by atoms with E-state index in [1.165, 1.54) is 16.9 Å². The molecular formula is C20H31N3O2S. The van der Waals surface area contributed by atoms with Crippen LogP contribution in [-0.2, 0) is 0 Å². The van der Waals surface area contributed by atoms with E-state index < -0.39 is 0 Å². The SMILES string of the molecule is CCC(C)=CCCN1CC[C@@H](O)[C@]2(CCCN(C(=O)c3cscn3)C2)C1. The van der Waals surface area contributed by atoms with Crippen LogP contribution < -0.4 is 0 Å². The number of aliphatic hydroxyl groups excluding tert-OH is 1. The summed E-state index contributed by atoms with van der Waals surface area (Å²) < 4.78 is 0. The molecule has 0 bridgehead atoms. The monoisotopic (exact) mass is 377 g/mol. The standard InChI is InChI=1S/C20H31N3O2S/c1-3-16(2)6-4-9-22-11-7-18(24)20(13-22)8-5-10-23(14-20)19(25)17-12-26-15-21-17/h6,12,15,18,24H,3-5,7-11,13-14H2,1-2H3/t18-,20-/m1/s1. The zero-order valence-corrected chi connectivity index (χ0v) is 16.8. The molecule has 2 saturated heterocycles. The number of thiazole rings is 1. The average molecular weight is 378 g/mol.